The van der Waals surface area contributed by atoms with Crippen molar-refractivity contribution in [2.24, 2.45) is 11.8 Å². The van der Waals surface area contributed by atoms with Gasteiger partial charge >= 0.3 is 0 Å². The topological polar surface area (TPSA) is 32.7 Å². The van der Waals surface area contributed by atoms with Gasteiger partial charge in [-0.15, -0.1) is 0 Å². The lowest BCUT2D eigenvalue weighted by molar-refractivity contribution is 0.0126. The number of aliphatic hydroxyl groups excluding tert-OH is 1. The summed E-state index contributed by atoms with van der Waals surface area (Å²) < 4.78 is 5.62. The smallest absolute Gasteiger partial charge is 0.0900 e. The van der Waals surface area contributed by atoms with Crippen LogP contribution in [0.3, 0.4) is 0 Å². The van der Waals surface area contributed by atoms with Gasteiger partial charge in [-0.1, -0.05) is 42.5 Å². The molecule has 1 saturated heterocycles. The van der Waals surface area contributed by atoms with Crippen LogP contribution >= 0.6 is 0 Å². The Kier molecular flexibility index (Phi) is 5.07. The minimum absolute atomic E-state index is 0.387. The number of benzene rings is 1. The van der Waals surface area contributed by atoms with Gasteiger partial charge in [-0.25, -0.2) is 0 Å². The van der Waals surface area contributed by atoms with E-state index < -0.39 is 0 Å². The predicted molar refractivity (Wildman–Crippen MR) is 83.9 cm³/mol. The van der Waals surface area contributed by atoms with E-state index in [4.69, 9.17) is 4.74 Å². The molecule has 0 saturated carbocycles. The second kappa shape index (κ2) is 7.21. The zero-order valence-corrected chi connectivity index (χ0v) is 12.5. The SMILES string of the molecule is O[C@H](COCc1ccccc1)CN1C[C@H]2CC=CC[C@@H]2C1. The molecule has 3 atom stereocenters. The van der Waals surface area contributed by atoms with E-state index >= 15 is 0 Å². The lowest BCUT2D eigenvalue weighted by Crippen LogP contribution is -2.33. The summed E-state index contributed by atoms with van der Waals surface area (Å²) in [5.74, 6) is 1.60. The van der Waals surface area contributed by atoms with Crippen LogP contribution in [0.15, 0.2) is 42.5 Å². The molecule has 1 fully saturated rings. The molecule has 1 aliphatic carbocycles. The van der Waals surface area contributed by atoms with Crippen LogP contribution < -0.4 is 0 Å². The molecule has 1 heterocycles. The first kappa shape index (κ1) is 14.8. The van der Waals surface area contributed by atoms with Crippen molar-refractivity contribution >= 4 is 0 Å². The predicted octanol–water partition coefficient (Wildman–Crippen LogP) is 2.46. The first-order valence-corrected chi connectivity index (χ1v) is 7.98. The van der Waals surface area contributed by atoms with Crippen molar-refractivity contribution in [2.75, 3.05) is 26.2 Å². The van der Waals surface area contributed by atoms with E-state index in [1.165, 1.54) is 12.8 Å². The van der Waals surface area contributed by atoms with Crippen LogP contribution in [0.2, 0.25) is 0 Å². The van der Waals surface area contributed by atoms with Crippen LogP contribution in [0.1, 0.15) is 18.4 Å². The summed E-state index contributed by atoms with van der Waals surface area (Å²) in [6.07, 6.45) is 6.65. The van der Waals surface area contributed by atoms with Crippen molar-refractivity contribution in [2.45, 2.75) is 25.6 Å². The molecule has 1 aromatic carbocycles. The maximum Gasteiger partial charge on any atom is 0.0900 e. The molecule has 114 valence electrons. The Hall–Kier alpha value is -1.16. The summed E-state index contributed by atoms with van der Waals surface area (Å²) in [5.41, 5.74) is 1.16. The Balaban J connectivity index is 1.36. The fourth-order valence-electron chi connectivity index (χ4n) is 3.50. The third-order valence-corrected chi connectivity index (χ3v) is 4.59. The van der Waals surface area contributed by atoms with Gasteiger partial charge in [0, 0.05) is 19.6 Å². The van der Waals surface area contributed by atoms with Crippen molar-refractivity contribution in [3.05, 3.63) is 48.0 Å². The van der Waals surface area contributed by atoms with Crippen molar-refractivity contribution in [3.8, 4) is 0 Å². The number of β-amino-alcohol motifs (C(OH)–C–C–N with tert-alkyl or cyclic N) is 1. The molecule has 1 aromatic rings. The first-order chi connectivity index (χ1) is 10.3. The largest absolute Gasteiger partial charge is 0.389 e. The summed E-state index contributed by atoms with van der Waals surface area (Å²) in [6, 6.07) is 10.1. The van der Waals surface area contributed by atoms with E-state index in [1.807, 2.05) is 30.3 Å². The Morgan fingerprint density at radius 2 is 1.76 bits per heavy atom. The van der Waals surface area contributed by atoms with Crippen LogP contribution in [0, 0.1) is 11.8 Å². The number of allylic oxidation sites excluding steroid dienone is 2. The molecule has 0 unspecified atom stereocenters. The maximum absolute atomic E-state index is 10.1. The van der Waals surface area contributed by atoms with Gasteiger partial charge < -0.3 is 14.7 Å². The van der Waals surface area contributed by atoms with E-state index in [1.54, 1.807) is 0 Å². The molecule has 0 bridgehead atoms. The molecule has 1 aliphatic heterocycles. The van der Waals surface area contributed by atoms with Crippen molar-refractivity contribution in [1.29, 1.82) is 0 Å². The number of ether oxygens (including phenoxy) is 1. The summed E-state index contributed by atoms with van der Waals surface area (Å²) in [4.78, 5) is 2.40. The maximum atomic E-state index is 10.1. The van der Waals surface area contributed by atoms with Crippen molar-refractivity contribution in [3.63, 3.8) is 0 Å². The van der Waals surface area contributed by atoms with Crippen LogP contribution in [0.4, 0.5) is 0 Å². The number of aliphatic hydroxyl groups is 1. The second-order valence-corrected chi connectivity index (χ2v) is 6.34. The van der Waals surface area contributed by atoms with Crippen LogP contribution in [-0.2, 0) is 11.3 Å². The average Bonchev–Trinajstić information content (AvgIpc) is 2.90. The molecule has 3 heteroatoms. The monoisotopic (exact) mass is 287 g/mol. The van der Waals surface area contributed by atoms with Crippen molar-refractivity contribution < 1.29 is 9.84 Å². The standard InChI is InChI=1S/C18H25NO2/c20-18(14-21-13-15-6-2-1-3-7-15)12-19-10-16-8-4-5-9-17(16)11-19/h1-7,16-18,20H,8-14H2/t16-,17-,18+/m1/s1. The molecule has 0 aromatic heterocycles. The Morgan fingerprint density at radius 3 is 2.43 bits per heavy atom. The molecule has 1 N–H and O–H groups in total. The van der Waals surface area contributed by atoms with Gasteiger partial charge in [-0.3, -0.25) is 0 Å². The molecular formula is C18H25NO2. The highest BCUT2D eigenvalue weighted by molar-refractivity contribution is 5.13. The van der Waals surface area contributed by atoms with Gasteiger partial charge in [-0.05, 0) is 30.2 Å². The van der Waals surface area contributed by atoms with Crippen LogP contribution in [0.25, 0.3) is 0 Å². The molecule has 0 amide bonds. The van der Waals surface area contributed by atoms with Gasteiger partial charge in [0.25, 0.3) is 0 Å². The number of hydrogen-bond acceptors (Lipinski definition) is 3. The van der Waals surface area contributed by atoms with E-state index in [0.717, 1.165) is 37.0 Å². The number of hydrogen-bond donors (Lipinski definition) is 1. The lowest BCUT2D eigenvalue weighted by atomic mass is 9.86. The quantitative estimate of drug-likeness (QED) is 0.816. The van der Waals surface area contributed by atoms with E-state index in [0.29, 0.717) is 13.2 Å². The van der Waals surface area contributed by atoms with E-state index in [-0.39, 0.29) is 6.10 Å². The highest BCUT2D eigenvalue weighted by atomic mass is 16.5. The average molecular weight is 287 g/mol. The van der Waals surface area contributed by atoms with Gasteiger partial charge in [0.05, 0.1) is 19.3 Å². The Bertz CT molecular complexity index is 444. The van der Waals surface area contributed by atoms with E-state index in [2.05, 4.69) is 17.1 Å². The Labute approximate surface area is 127 Å². The third kappa shape index (κ3) is 4.16. The molecule has 0 radical (unpaired) electrons. The fourth-order valence-corrected chi connectivity index (χ4v) is 3.50. The summed E-state index contributed by atoms with van der Waals surface area (Å²) >= 11 is 0. The molecule has 3 nitrogen and oxygen atoms in total. The lowest BCUT2D eigenvalue weighted by Gasteiger charge is -2.20. The third-order valence-electron chi connectivity index (χ3n) is 4.59. The molecule has 21 heavy (non-hydrogen) atoms. The van der Waals surface area contributed by atoms with Gasteiger partial charge in [-0.2, -0.15) is 0 Å². The number of likely N-dealkylation sites (tertiary alicyclic amines) is 1. The summed E-state index contributed by atoms with van der Waals surface area (Å²) in [5, 5.41) is 10.1. The zero-order chi connectivity index (χ0) is 14.5. The molecule has 3 rings (SSSR count). The summed E-state index contributed by atoms with van der Waals surface area (Å²) in [7, 11) is 0. The normalized spacial score (nSPS) is 26.7. The summed E-state index contributed by atoms with van der Waals surface area (Å²) in [6.45, 7) is 3.99. The minimum atomic E-state index is -0.387. The van der Waals surface area contributed by atoms with Crippen LogP contribution in [-0.4, -0.2) is 42.4 Å². The molecule has 2 aliphatic rings. The van der Waals surface area contributed by atoms with Gasteiger partial charge in [0.2, 0.25) is 0 Å². The highest BCUT2D eigenvalue weighted by Gasteiger charge is 2.33. The number of rotatable bonds is 6. The van der Waals surface area contributed by atoms with Gasteiger partial charge in [0.1, 0.15) is 0 Å². The second-order valence-electron chi connectivity index (χ2n) is 6.34. The molecular weight excluding hydrogens is 262 g/mol. The van der Waals surface area contributed by atoms with E-state index in [9.17, 15) is 5.11 Å². The Morgan fingerprint density at radius 1 is 1.10 bits per heavy atom. The zero-order valence-electron chi connectivity index (χ0n) is 12.5. The highest BCUT2D eigenvalue weighted by Crippen LogP contribution is 2.32. The first-order valence-electron chi connectivity index (χ1n) is 7.98. The molecule has 0 spiro atoms. The van der Waals surface area contributed by atoms with Gasteiger partial charge in [0.15, 0.2) is 0 Å². The fraction of sp³-hybridized carbons (Fsp3) is 0.556. The minimum Gasteiger partial charge on any atom is -0.389 e. The van der Waals surface area contributed by atoms with Crippen LogP contribution in [0.5, 0.6) is 0 Å². The number of nitrogens with zero attached hydrogens (tertiary/aromatic N) is 1. The van der Waals surface area contributed by atoms with Crippen molar-refractivity contribution in [1.82, 2.24) is 4.90 Å². The number of fused-ring (bicyclic) bond motifs is 1.